The van der Waals surface area contributed by atoms with Gasteiger partial charge < -0.3 is 9.64 Å². The van der Waals surface area contributed by atoms with Crippen LogP contribution in [-0.4, -0.2) is 55.1 Å². The van der Waals surface area contributed by atoms with Gasteiger partial charge in [-0.25, -0.2) is 0 Å². The Labute approximate surface area is 126 Å². The number of amides is 1. The lowest BCUT2D eigenvalue weighted by molar-refractivity contribution is -0.140. The molecule has 4 nitrogen and oxygen atoms in total. The molecule has 0 spiro atoms. The van der Waals surface area contributed by atoms with Gasteiger partial charge in [0.1, 0.15) is 6.04 Å². The average Bonchev–Trinajstić information content (AvgIpc) is 2.58. The highest BCUT2D eigenvalue weighted by atomic mass is 16.5. The van der Waals surface area contributed by atoms with Gasteiger partial charge in [-0.3, -0.25) is 9.69 Å². The third kappa shape index (κ3) is 3.44. The average molecular weight is 288 g/mol. The smallest absolute Gasteiger partial charge is 0.244 e. The first-order valence-electron chi connectivity index (χ1n) is 8.02. The van der Waals surface area contributed by atoms with Crippen molar-refractivity contribution in [2.75, 3.05) is 39.4 Å². The molecule has 1 unspecified atom stereocenters. The summed E-state index contributed by atoms with van der Waals surface area (Å²) in [4.78, 5) is 17.4. The Morgan fingerprint density at radius 1 is 0.952 bits per heavy atom. The van der Waals surface area contributed by atoms with Gasteiger partial charge in [0.05, 0.1) is 13.2 Å². The summed E-state index contributed by atoms with van der Waals surface area (Å²) in [5.74, 6) is 0.266. The highest BCUT2D eigenvalue weighted by Gasteiger charge is 2.32. The third-order valence-corrected chi connectivity index (χ3v) is 4.43. The molecule has 3 rings (SSSR count). The summed E-state index contributed by atoms with van der Waals surface area (Å²) in [6.45, 7) is 4.92. The number of ether oxygens (including phenoxy) is 1. The summed E-state index contributed by atoms with van der Waals surface area (Å²) < 4.78 is 5.44. The van der Waals surface area contributed by atoms with Crippen LogP contribution < -0.4 is 0 Å². The Morgan fingerprint density at radius 2 is 1.62 bits per heavy atom. The van der Waals surface area contributed by atoms with E-state index in [1.807, 2.05) is 18.2 Å². The van der Waals surface area contributed by atoms with Gasteiger partial charge in [-0.15, -0.1) is 0 Å². The molecule has 114 valence electrons. The van der Waals surface area contributed by atoms with Crippen LogP contribution in [0.15, 0.2) is 30.3 Å². The quantitative estimate of drug-likeness (QED) is 0.853. The summed E-state index contributed by atoms with van der Waals surface area (Å²) >= 11 is 0. The molecule has 1 aromatic rings. The Hall–Kier alpha value is -1.39. The minimum Gasteiger partial charge on any atom is -0.379 e. The minimum atomic E-state index is -0.145. The standard InChI is InChI=1S/C17H24N2O2/c20-17(19-9-5-2-6-10-19)16(15-7-3-1-4-8-15)18-11-13-21-14-12-18/h1,3-4,7-8,16H,2,5-6,9-14H2. The van der Waals surface area contributed by atoms with Crippen molar-refractivity contribution >= 4 is 5.91 Å². The van der Waals surface area contributed by atoms with Gasteiger partial charge in [0.25, 0.3) is 0 Å². The molecule has 4 heteroatoms. The number of likely N-dealkylation sites (tertiary alicyclic amines) is 1. The number of carbonyl (C=O) groups excluding carboxylic acids is 1. The second kappa shape index (κ2) is 7.05. The number of piperidine rings is 1. The number of benzene rings is 1. The van der Waals surface area contributed by atoms with Gasteiger partial charge in [0, 0.05) is 26.2 Å². The molecule has 0 aliphatic carbocycles. The van der Waals surface area contributed by atoms with E-state index in [0.717, 1.165) is 57.8 Å². The van der Waals surface area contributed by atoms with Gasteiger partial charge in [-0.1, -0.05) is 30.3 Å². The predicted octanol–water partition coefficient (Wildman–Crippen LogP) is 2.07. The van der Waals surface area contributed by atoms with E-state index >= 15 is 0 Å². The van der Waals surface area contributed by atoms with Crippen LogP contribution in [0.4, 0.5) is 0 Å². The number of hydrogen-bond acceptors (Lipinski definition) is 3. The lowest BCUT2D eigenvalue weighted by atomic mass is 10.0. The van der Waals surface area contributed by atoms with Crippen LogP contribution in [0, 0.1) is 0 Å². The van der Waals surface area contributed by atoms with Crippen LogP contribution in [0.3, 0.4) is 0 Å². The zero-order valence-corrected chi connectivity index (χ0v) is 12.5. The van der Waals surface area contributed by atoms with E-state index in [1.165, 1.54) is 6.42 Å². The Balaban J connectivity index is 1.82. The van der Waals surface area contributed by atoms with Crippen LogP contribution in [0.5, 0.6) is 0 Å². The second-order valence-electron chi connectivity index (χ2n) is 5.85. The number of rotatable bonds is 3. The zero-order chi connectivity index (χ0) is 14.5. The molecule has 1 aromatic carbocycles. The van der Waals surface area contributed by atoms with Crippen molar-refractivity contribution in [3.8, 4) is 0 Å². The van der Waals surface area contributed by atoms with Crippen molar-refractivity contribution in [2.45, 2.75) is 25.3 Å². The SMILES string of the molecule is O=C(C(c1ccccc1)N1CCOCC1)N1CCCCC1. The monoisotopic (exact) mass is 288 g/mol. The number of morpholine rings is 1. The van der Waals surface area contributed by atoms with Crippen molar-refractivity contribution in [1.29, 1.82) is 0 Å². The number of carbonyl (C=O) groups is 1. The van der Waals surface area contributed by atoms with Gasteiger partial charge in [-0.05, 0) is 24.8 Å². The Kier molecular flexibility index (Phi) is 4.88. The molecule has 1 amide bonds. The van der Waals surface area contributed by atoms with Crippen LogP contribution in [0.2, 0.25) is 0 Å². The van der Waals surface area contributed by atoms with Crippen LogP contribution >= 0.6 is 0 Å². The largest absolute Gasteiger partial charge is 0.379 e. The third-order valence-electron chi connectivity index (χ3n) is 4.43. The molecule has 2 fully saturated rings. The fourth-order valence-electron chi connectivity index (χ4n) is 3.27. The molecule has 2 aliphatic heterocycles. The molecule has 21 heavy (non-hydrogen) atoms. The first kappa shape index (κ1) is 14.5. The summed E-state index contributed by atoms with van der Waals surface area (Å²) in [6, 6.07) is 10.0. The van der Waals surface area contributed by atoms with Crippen molar-refractivity contribution in [3.05, 3.63) is 35.9 Å². The van der Waals surface area contributed by atoms with E-state index in [2.05, 4.69) is 21.9 Å². The molecule has 0 bridgehead atoms. The predicted molar refractivity (Wildman–Crippen MR) is 82.0 cm³/mol. The van der Waals surface area contributed by atoms with Crippen molar-refractivity contribution < 1.29 is 9.53 Å². The Morgan fingerprint density at radius 3 is 2.29 bits per heavy atom. The molecular formula is C17H24N2O2. The summed E-state index contributed by atoms with van der Waals surface area (Å²) in [5.41, 5.74) is 1.11. The molecular weight excluding hydrogens is 264 g/mol. The maximum Gasteiger partial charge on any atom is 0.244 e. The summed E-state index contributed by atoms with van der Waals surface area (Å²) in [5, 5.41) is 0. The first-order valence-corrected chi connectivity index (χ1v) is 8.02. The fraction of sp³-hybridized carbons (Fsp3) is 0.588. The molecule has 2 aliphatic rings. The summed E-state index contributed by atoms with van der Waals surface area (Å²) in [7, 11) is 0. The van der Waals surface area contributed by atoms with Crippen molar-refractivity contribution in [1.82, 2.24) is 9.80 Å². The van der Waals surface area contributed by atoms with E-state index in [4.69, 9.17) is 4.74 Å². The van der Waals surface area contributed by atoms with Gasteiger partial charge in [0.15, 0.2) is 0 Å². The highest BCUT2D eigenvalue weighted by molar-refractivity contribution is 5.83. The molecule has 2 saturated heterocycles. The van der Waals surface area contributed by atoms with Crippen molar-refractivity contribution in [3.63, 3.8) is 0 Å². The fourth-order valence-corrected chi connectivity index (χ4v) is 3.27. The Bertz CT molecular complexity index is 451. The molecule has 0 saturated carbocycles. The van der Waals surface area contributed by atoms with Crippen LogP contribution in [-0.2, 0) is 9.53 Å². The maximum absolute atomic E-state index is 13.0. The molecule has 0 N–H and O–H groups in total. The van der Waals surface area contributed by atoms with E-state index in [9.17, 15) is 4.79 Å². The maximum atomic E-state index is 13.0. The molecule has 0 aromatic heterocycles. The molecule has 0 radical (unpaired) electrons. The minimum absolute atomic E-state index is 0.145. The van der Waals surface area contributed by atoms with Gasteiger partial charge in [0.2, 0.25) is 5.91 Å². The second-order valence-corrected chi connectivity index (χ2v) is 5.85. The zero-order valence-electron chi connectivity index (χ0n) is 12.5. The normalized spacial score (nSPS) is 22.0. The first-order chi connectivity index (χ1) is 10.4. The van der Waals surface area contributed by atoms with Gasteiger partial charge >= 0.3 is 0 Å². The van der Waals surface area contributed by atoms with E-state index < -0.39 is 0 Å². The highest BCUT2D eigenvalue weighted by Crippen LogP contribution is 2.25. The van der Waals surface area contributed by atoms with E-state index in [1.54, 1.807) is 0 Å². The lowest BCUT2D eigenvalue weighted by Crippen LogP contribution is -2.48. The lowest BCUT2D eigenvalue weighted by Gasteiger charge is -2.38. The van der Waals surface area contributed by atoms with Crippen molar-refractivity contribution in [2.24, 2.45) is 0 Å². The number of hydrogen-bond donors (Lipinski definition) is 0. The van der Waals surface area contributed by atoms with E-state index in [0.29, 0.717) is 0 Å². The van der Waals surface area contributed by atoms with E-state index in [-0.39, 0.29) is 11.9 Å². The van der Waals surface area contributed by atoms with Crippen LogP contribution in [0.25, 0.3) is 0 Å². The number of nitrogens with zero attached hydrogens (tertiary/aromatic N) is 2. The molecule has 1 atom stereocenters. The summed E-state index contributed by atoms with van der Waals surface area (Å²) in [6.07, 6.45) is 3.52. The topological polar surface area (TPSA) is 32.8 Å². The molecule has 2 heterocycles. The van der Waals surface area contributed by atoms with Gasteiger partial charge in [-0.2, -0.15) is 0 Å². The van der Waals surface area contributed by atoms with Crippen LogP contribution in [0.1, 0.15) is 30.9 Å².